The molecular weight excluding hydrogens is 316 g/mol. The van der Waals surface area contributed by atoms with Crippen LogP contribution >= 0.6 is 27.5 Å². The maximum atomic E-state index is 6.06. The van der Waals surface area contributed by atoms with Gasteiger partial charge >= 0.3 is 0 Å². The van der Waals surface area contributed by atoms with Crippen LogP contribution < -0.4 is 15.8 Å². The van der Waals surface area contributed by atoms with Gasteiger partial charge in [-0.1, -0.05) is 27.5 Å². The van der Waals surface area contributed by atoms with E-state index in [0.717, 1.165) is 15.8 Å². The van der Waals surface area contributed by atoms with E-state index in [4.69, 9.17) is 22.1 Å². The molecule has 3 nitrogen and oxygen atoms in total. The number of anilines is 3. The van der Waals surface area contributed by atoms with Gasteiger partial charge in [-0.2, -0.15) is 0 Å². The number of rotatable bonds is 3. The van der Waals surface area contributed by atoms with E-state index >= 15 is 0 Å². The zero-order valence-electron chi connectivity index (χ0n) is 9.71. The summed E-state index contributed by atoms with van der Waals surface area (Å²) < 4.78 is 6.04. The van der Waals surface area contributed by atoms with E-state index < -0.39 is 0 Å². The van der Waals surface area contributed by atoms with Crippen molar-refractivity contribution >= 4 is 44.6 Å². The van der Waals surface area contributed by atoms with Crippen LogP contribution in [0.2, 0.25) is 5.02 Å². The van der Waals surface area contributed by atoms with E-state index in [1.54, 1.807) is 19.2 Å². The second-order valence-corrected chi connectivity index (χ2v) is 5.03. The number of hydrogen-bond donors (Lipinski definition) is 2. The van der Waals surface area contributed by atoms with E-state index in [1.807, 2.05) is 24.3 Å². The SMILES string of the molecule is COc1ccc(Nc2ccc(Br)cc2N)cc1Cl. The zero-order chi connectivity index (χ0) is 13.1. The number of nitrogens with one attached hydrogen (secondary N) is 1. The third kappa shape index (κ3) is 2.89. The molecule has 0 amide bonds. The molecule has 3 N–H and O–H groups in total. The van der Waals surface area contributed by atoms with Crippen molar-refractivity contribution in [1.82, 2.24) is 0 Å². The molecule has 0 aromatic heterocycles. The Hall–Kier alpha value is -1.39. The molecule has 0 saturated carbocycles. The molecule has 2 rings (SSSR count). The lowest BCUT2D eigenvalue weighted by atomic mass is 10.2. The minimum Gasteiger partial charge on any atom is -0.495 e. The standard InChI is InChI=1S/C13H12BrClN2O/c1-18-13-5-3-9(7-10(13)15)17-12-4-2-8(14)6-11(12)16/h2-7,17H,16H2,1H3. The highest BCUT2D eigenvalue weighted by molar-refractivity contribution is 9.10. The quantitative estimate of drug-likeness (QED) is 0.819. The van der Waals surface area contributed by atoms with Gasteiger partial charge < -0.3 is 15.8 Å². The second kappa shape index (κ2) is 5.50. The van der Waals surface area contributed by atoms with E-state index in [2.05, 4.69) is 21.2 Å². The Morgan fingerprint density at radius 2 is 2.00 bits per heavy atom. The number of ether oxygens (including phenoxy) is 1. The average molecular weight is 328 g/mol. The number of hydrogen-bond acceptors (Lipinski definition) is 3. The molecule has 18 heavy (non-hydrogen) atoms. The highest BCUT2D eigenvalue weighted by Crippen LogP contribution is 2.31. The maximum absolute atomic E-state index is 6.06. The lowest BCUT2D eigenvalue weighted by Gasteiger charge is -2.11. The number of halogens is 2. The van der Waals surface area contributed by atoms with Gasteiger partial charge in [0.15, 0.2) is 0 Å². The molecule has 0 aliphatic rings. The van der Waals surface area contributed by atoms with Crippen molar-refractivity contribution in [2.45, 2.75) is 0 Å². The molecule has 0 saturated heterocycles. The Balaban J connectivity index is 2.26. The van der Waals surface area contributed by atoms with Gasteiger partial charge in [-0.05, 0) is 36.4 Å². The van der Waals surface area contributed by atoms with Crippen LogP contribution in [0.5, 0.6) is 5.75 Å². The molecule has 0 atom stereocenters. The number of benzene rings is 2. The fourth-order valence-electron chi connectivity index (χ4n) is 1.55. The van der Waals surface area contributed by atoms with Gasteiger partial charge in [0.1, 0.15) is 5.75 Å². The van der Waals surface area contributed by atoms with Gasteiger partial charge in [-0.25, -0.2) is 0 Å². The van der Waals surface area contributed by atoms with Crippen LogP contribution in [0.25, 0.3) is 0 Å². The van der Waals surface area contributed by atoms with Gasteiger partial charge in [0, 0.05) is 10.2 Å². The van der Waals surface area contributed by atoms with E-state index in [-0.39, 0.29) is 0 Å². The highest BCUT2D eigenvalue weighted by atomic mass is 79.9. The van der Waals surface area contributed by atoms with Crippen molar-refractivity contribution in [2.24, 2.45) is 0 Å². The van der Waals surface area contributed by atoms with Crippen LogP contribution in [0, 0.1) is 0 Å². The smallest absolute Gasteiger partial charge is 0.137 e. The largest absolute Gasteiger partial charge is 0.495 e. The van der Waals surface area contributed by atoms with Crippen LogP contribution in [0.1, 0.15) is 0 Å². The molecule has 2 aromatic rings. The maximum Gasteiger partial charge on any atom is 0.137 e. The summed E-state index contributed by atoms with van der Waals surface area (Å²) in [5.74, 6) is 0.644. The highest BCUT2D eigenvalue weighted by Gasteiger charge is 2.04. The molecule has 0 unspecified atom stereocenters. The fourth-order valence-corrected chi connectivity index (χ4v) is 2.18. The minimum atomic E-state index is 0.554. The molecule has 2 aromatic carbocycles. The first-order chi connectivity index (χ1) is 8.60. The Kier molecular flexibility index (Phi) is 3.99. The van der Waals surface area contributed by atoms with E-state index in [0.29, 0.717) is 16.5 Å². The normalized spacial score (nSPS) is 10.2. The minimum absolute atomic E-state index is 0.554. The summed E-state index contributed by atoms with van der Waals surface area (Å²) in [6.07, 6.45) is 0. The van der Waals surface area contributed by atoms with Crippen molar-refractivity contribution in [3.05, 3.63) is 45.9 Å². The molecule has 0 aliphatic heterocycles. The van der Waals surface area contributed by atoms with Gasteiger partial charge in [-0.3, -0.25) is 0 Å². The lowest BCUT2D eigenvalue weighted by Crippen LogP contribution is -1.96. The van der Waals surface area contributed by atoms with Crippen LogP contribution in [-0.4, -0.2) is 7.11 Å². The first kappa shape index (κ1) is 13.1. The van der Waals surface area contributed by atoms with E-state index in [1.165, 1.54) is 0 Å². The molecule has 0 fully saturated rings. The van der Waals surface area contributed by atoms with Crippen molar-refractivity contribution in [3.63, 3.8) is 0 Å². The Morgan fingerprint density at radius 1 is 1.22 bits per heavy atom. The van der Waals surface area contributed by atoms with Gasteiger partial charge in [-0.15, -0.1) is 0 Å². The predicted octanol–water partition coefficient (Wildman–Crippen LogP) is 4.44. The first-order valence-electron chi connectivity index (χ1n) is 5.26. The summed E-state index contributed by atoms with van der Waals surface area (Å²) in [6, 6.07) is 11.1. The van der Waals surface area contributed by atoms with Gasteiger partial charge in [0.25, 0.3) is 0 Å². The Labute approximate surface area is 119 Å². The number of nitrogens with two attached hydrogens (primary N) is 1. The van der Waals surface area contributed by atoms with Crippen LogP contribution in [0.3, 0.4) is 0 Å². The Morgan fingerprint density at radius 3 is 2.61 bits per heavy atom. The van der Waals surface area contributed by atoms with Crippen molar-refractivity contribution in [2.75, 3.05) is 18.2 Å². The van der Waals surface area contributed by atoms with Crippen molar-refractivity contribution in [3.8, 4) is 5.75 Å². The third-order valence-electron chi connectivity index (χ3n) is 2.44. The summed E-state index contributed by atoms with van der Waals surface area (Å²) in [7, 11) is 1.58. The summed E-state index contributed by atoms with van der Waals surface area (Å²) in [5.41, 5.74) is 8.27. The summed E-state index contributed by atoms with van der Waals surface area (Å²) in [6.45, 7) is 0. The predicted molar refractivity (Wildman–Crippen MR) is 79.8 cm³/mol. The molecule has 0 bridgehead atoms. The third-order valence-corrected chi connectivity index (χ3v) is 3.23. The molecule has 0 aliphatic carbocycles. The van der Waals surface area contributed by atoms with Crippen molar-refractivity contribution in [1.29, 1.82) is 0 Å². The molecular formula is C13H12BrClN2O. The monoisotopic (exact) mass is 326 g/mol. The Bertz CT molecular complexity index is 575. The molecule has 0 radical (unpaired) electrons. The molecule has 5 heteroatoms. The number of methoxy groups -OCH3 is 1. The zero-order valence-corrected chi connectivity index (χ0v) is 12.0. The van der Waals surface area contributed by atoms with Gasteiger partial charge in [0.05, 0.1) is 23.5 Å². The molecule has 0 heterocycles. The van der Waals surface area contributed by atoms with Crippen LogP contribution in [-0.2, 0) is 0 Å². The fraction of sp³-hybridized carbons (Fsp3) is 0.0769. The molecule has 94 valence electrons. The summed E-state index contributed by atoms with van der Waals surface area (Å²) in [4.78, 5) is 0. The first-order valence-corrected chi connectivity index (χ1v) is 6.43. The summed E-state index contributed by atoms with van der Waals surface area (Å²) >= 11 is 9.42. The van der Waals surface area contributed by atoms with Crippen LogP contribution in [0.15, 0.2) is 40.9 Å². The summed E-state index contributed by atoms with van der Waals surface area (Å²) in [5, 5.41) is 3.76. The van der Waals surface area contributed by atoms with Crippen molar-refractivity contribution < 1.29 is 4.74 Å². The average Bonchev–Trinajstić information content (AvgIpc) is 2.33. The van der Waals surface area contributed by atoms with E-state index in [9.17, 15) is 0 Å². The van der Waals surface area contributed by atoms with Crippen LogP contribution in [0.4, 0.5) is 17.1 Å². The van der Waals surface area contributed by atoms with Gasteiger partial charge in [0.2, 0.25) is 0 Å². The second-order valence-electron chi connectivity index (χ2n) is 3.71. The topological polar surface area (TPSA) is 47.3 Å². The lowest BCUT2D eigenvalue weighted by molar-refractivity contribution is 0.415. The molecule has 0 spiro atoms. The number of nitrogen functional groups attached to an aromatic ring is 1.